The minimum Gasteiger partial charge on any atom is -0.507 e. The van der Waals surface area contributed by atoms with E-state index in [2.05, 4.69) is 0 Å². The second-order valence-electron chi connectivity index (χ2n) is 7.98. The topological polar surface area (TPSA) is 98.1 Å². The van der Waals surface area contributed by atoms with Crippen LogP contribution < -0.4 is 4.90 Å². The Balaban J connectivity index is 2.12. The number of phenolic OH excluding ortho intramolecular Hbond substituents is 1. The van der Waals surface area contributed by atoms with Crippen molar-refractivity contribution in [1.82, 2.24) is 0 Å². The third-order valence-electron chi connectivity index (χ3n) is 4.89. The van der Waals surface area contributed by atoms with Crippen LogP contribution in [0.2, 0.25) is 0 Å². The van der Waals surface area contributed by atoms with Gasteiger partial charge in [0.2, 0.25) is 0 Å². The molecule has 0 saturated carbocycles. The van der Waals surface area contributed by atoms with Crippen LogP contribution in [0, 0.1) is 0 Å². The van der Waals surface area contributed by atoms with Gasteiger partial charge < -0.3 is 14.9 Å². The molecule has 1 heterocycles. The second-order valence-corrected chi connectivity index (χ2v) is 10.7. The van der Waals surface area contributed by atoms with Crippen LogP contribution in [0.3, 0.4) is 0 Å². The predicted molar refractivity (Wildman–Crippen MR) is 121 cm³/mol. The summed E-state index contributed by atoms with van der Waals surface area (Å²) >= 11 is 1.28. The molecule has 3 N–H and O–H groups in total. The van der Waals surface area contributed by atoms with Crippen LogP contribution in [0.25, 0.3) is 6.08 Å². The van der Waals surface area contributed by atoms with Crippen LogP contribution in [0.15, 0.2) is 46.2 Å². The molecular formula is C22H26NO5PS. The summed E-state index contributed by atoms with van der Waals surface area (Å²) in [7, 11) is -4.45. The Labute approximate surface area is 180 Å². The van der Waals surface area contributed by atoms with Crippen molar-refractivity contribution < 1.29 is 24.3 Å². The van der Waals surface area contributed by atoms with Crippen molar-refractivity contribution in [1.29, 1.82) is 0 Å². The van der Waals surface area contributed by atoms with Crippen LogP contribution in [-0.4, -0.2) is 27.1 Å². The Kier molecular flexibility index (Phi) is 6.48. The maximum Gasteiger partial charge on any atom is 0.345 e. The highest BCUT2D eigenvalue weighted by Gasteiger charge is 2.33. The molecule has 160 valence electrons. The molecule has 0 bridgehead atoms. The summed E-state index contributed by atoms with van der Waals surface area (Å²) in [5.41, 5.74) is 2.86. The fourth-order valence-corrected chi connectivity index (χ4v) is 5.11. The van der Waals surface area contributed by atoms with E-state index in [1.807, 2.05) is 52.0 Å². The van der Waals surface area contributed by atoms with Crippen molar-refractivity contribution in [2.75, 3.05) is 11.2 Å². The maximum atomic E-state index is 13.1. The van der Waals surface area contributed by atoms with Gasteiger partial charge in [0.25, 0.3) is 5.91 Å². The molecule has 6 nitrogen and oxygen atoms in total. The van der Waals surface area contributed by atoms with Gasteiger partial charge in [-0.1, -0.05) is 51.6 Å². The zero-order valence-corrected chi connectivity index (χ0v) is 19.1. The summed E-state index contributed by atoms with van der Waals surface area (Å²) < 4.78 is 11.6. The monoisotopic (exact) mass is 447 g/mol. The third-order valence-corrected chi connectivity index (χ3v) is 6.62. The van der Waals surface area contributed by atoms with Crippen molar-refractivity contribution in [2.45, 2.75) is 44.4 Å². The molecule has 8 heteroatoms. The van der Waals surface area contributed by atoms with Gasteiger partial charge in [0.1, 0.15) is 12.0 Å². The standard InChI is InChI=1S/C22H26NO5PS/c1-13(2)16-9-15(10-17(14(3)4)21(16)24)11-20-22(25)23(12-29(26,27)28)18-7-5-6-8-19(18)30-20/h5-11,13-14,24H,12H2,1-4H3,(H2,26,27,28). The quantitative estimate of drug-likeness (QED) is 0.428. The van der Waals surface area contributed by atoms with Gasteiger partial charge in [-0.3, -0.25) is 14.3 Å². The molecular weight excluding hydrogens is 421 g/mol. The van der Waals surface area contributed by atoms with E-state index >= 15 is 0 Å². The highest BCUT2D eigenvalue weighted by atomic mass is 32.2. The van der Waals surface area contributed by atoms with E-state index in [-0.39, 0.29) is 17.6 Å². The number of benzene rings is 2. The highest BCUT2D eigenvalue weighted by Crippen LogP contribution is 2.46. The number of para-hydroxylation sites is 1. The second kappa shape index (κ2) is 8.60. The lowest BCUT2D eigenvalue weighted by atomic mass is 9.91. The lowest BCUT2D eigenvalue weighted by Crippen LogP contribution is -2.35. The molecule has 30 heavy (non-hydrogen) atoms. The number of thioether (sulfide) groups is 1. The number of rotatable bonds is 5. The summed E-state index contributed by atoms with van der Waals surface area (Å²) in [6.45, 7) is 7.98. The molecule has 1 aliphatic heterocycles. The summed E-state index contributed by atoms with van der Waals surface area (Å²) in [4.78, 5) is 34.3. The molecule has 0 aromatic heterocycles. The zero-order valence-electron chi connectivity index (χ0n) is 17.4. The summed E-state index contributed by atoms with van der Waals surface area (Å²) in [5.74, 6) is 0.0235. The van der Waals surface area contributed by atoms with Gasteiger partial charge in [-0.05, 0) is 58.9 Å². The van der Waals surface area contributed by atoms with Gasteiger partial charge in [0.15, 0.2) is 0 Å². The van der Waals surface area contributed by atoms with Crippen molar-refractivity contribution in [3.05, 3.63) is 58.0 Å². The van der Waals surface area contributed by atoms with E-state index in [9.17, 15) is 24.3 Å². The molecule has 3 rings (SSSR count). The number of carbonyl (C=O) groups excluding carboxylic acids is 1. The molecule has 0 atom stereocenters. The average Bonchev–Trinajstić information content (AvgIpc) is 2.65. The molecule has 1 aliphatic rings. The van der Waals surface area contributed by atoms with Crippen LogP contribution >= 0.6 is 19.4 Å². The number of phenols is 1. The normalized spacial score (nSPS) is 15.9. The van der Waals surface area contributed by atoms with Crippen molar-refractivity contribution in [3.8, 4) is 5.75 Å². The highest BCUT2D eigenvalue weighted by molar-refractivity contribution is 8.04. The fourth-order valence-electron chi connectivity index (χ4n) is 3.41. The fraction of sp³-hybridized carbons (Fsp3) is 0.318. The summed E-state index contributed by atoms with van der Waals surface area (Å²) in [6, 6.07) is 10.8. The average molecular weight is 447 g/mol. The number of fused-ring (bicyclic) bond motifs is 1. The molecule has 0 unspecified atom stereocenters. The molecule has 1 amide bonds. The first kappa shape index (κ1) is 22.6. The molecule has 0 fully saturated rings. The molecule has 0 aliphatic carbocycles. The van der Waals surface area contributed by atoms with Crippen LogP contribution in [0.1, 0.15) is 56.2 Å². The summed E-state index contributed by atoms with van der Waals surface area (Å²) in [5, 5.41) is 10.6. The Morgan fingerprint density at radius 2 is 1.63 bits per heavy atom. The first-order valence-corrected chi connectivity index (χ1v) is 12.3. The van der Waals surface area contributed by atoms with Crippen LogP contribution in [-0.2, 0) is 9.36 Å². The van der Waals surface area contributed by atoms with Crippen LogP contribution in [0.5, 0.6) is 5.75 Å². The third kappa shape index (κ3) is 4.81. The number of anilines is 1. The zero-order chi connectivity index (χ0) is 22.2. The smallest absolute Gasteiger partial charge is 0.345 e. The van der Waals surface area contributed by atoms with Crippen molar-refractivity contribution >= 4 is 37.0 Å². The van der Waals surface area contributed by atoms with E-state index in [4.69, 9.17) is 0 Å². The minimum atomic E-state index is -4.45. The molecule has 2 aromatic rings. The van der Waals surface area contributed by atoms with Gasteiger partial charge in [-0.25, -0.2) is 0 Å². The molecule has 2 aromatic carbocycles. The first-order chi connectivity index (χ1) is 14.0. The first-order valence-electron chi connectivity index (χ1n) is 9.69. The number of hydrogen-bond acceptors (Lipinski definition) is 4. The number of aromatic hydroxyl groups is 1. The van der Waals surface area contributed by atoms with Crippen molar-refractivity contribution in [2.24, 2.45) is 0 Å². The van der Waals surface area contributed by atoms with E-state index in [1.165, 1.54) is 11.8 Å². The van der Waals surface area contributed by atoms with Gasteiger partial charge in [0.05, 0.1) is 10.6 Å². The van der Waals surface area contributed by atoms with E-state index < -0.39 is 19.8 Å². The molecule has 0 radical (unpaired) electrons. The van der Waals surface area contributed by atoms with Gasteiger partial charge >= 0.3 is 7.60 Å². The predicted octanol–water partition coefficient (Wildman–Crippen LogP) is 5.25. The lowest BCUT2D eigenvalue weighted by Gasteiger charge is -2.30. The molecule has 0 saturated heterocycles. The number of amides is 1. The Bertz CT molecular complexity index is 1030. The number of carbonyl (C=O) groups is 1. The SMILES string of the molecule is CC(C)c1cc(C=C2Sc3ccccc3N(CP(=O)(O)O)C2=O)cc(C(C)C)c1O. The van der Waals surface area contributed by atoms with Gasteiger partial charge in [-0.15, -0.1) is 0 Å². The van der Waals surface area contributed by atoms with E-state index in [0.29, 0.717) is 10.6 Å². The number of hydrogen-bond donors (Lipinski definition) is 3. The van der Waals surface area contributed by atoms with Crippen LogP contribution in [0.4, 0.5) is 5.69 Å². The van der Waals surface area contributed by atoms with E-state index in [1.54, 1.807) is 18.2 Å². The Morgan fingerprint density at radius 3 is 2.17 bits per heavy atom. The largest absolute Gasteiger partial charge is 0.507 e. The minimum absolute atomic E-state index is 0.0995. The van der Waals surface area contributed by atoms with Gasteiger partial charge in [-0.2, -0.15) is 0 Å². The summed E-state index contributed by atoms with van der Waals surface area (Å²) in [6.07, 6.45) is 1.05. The number of nitrogens with zero attached hydrogens (tertiary/aromatic N) is 1. The van der Waals surface area contributed by atoms with Crippen molar-refractivity contribution in [3.63, 3.8) is 0 Å². The maximum absolute atomic E-state index is 13.1. The Morgan fingerprint density at radius 1 is 1.07 bits per heavy atom. The van der Waals surface area contributed by atoms with Gasteiger partial charge in [0, 0.05) is 4.90 Å². The lowest BCUT2D eigenvalue weighted by molar-refractivity contribution is -0.114. The molecule has 0 spiro atoms. The van der Waals surface area contributed by atoms with E-state index in [0.717, 1.165) is 26.5 Å². The Hall–Kier alpha value is -2.05.